The lowest BCUT2D eigenvalue weighted by Gasteiger charge is -2.42. The maximum Gasteiger partial charge on any atom is 0.330 e. The summed E-state index contributed by atoms with van der Waals surface area (Å²) in [6.45, 7) is 9.84. The Morgan fingerprint density at radius 1 is 0.816 bits per heavy atom. The van der Waals surface area contributed by atoms with Gasteiger partial charge in [0.1, 0.15) is 34.8 Å². The zero-order valence-electron chi connectivity index (χ0n) is 44.0. The average molecular weight is 1040 g/mol. The Morgan fingerprint density at radius 3 is 2.04 bits per heavy atom. The van der Waals surface area contributed by atoms with Crippen molar-refractivity contribution in [2.75, 3.05) is 34.0 Å². The molecule has 2 aliphatic heterocycles. The molecule has 1 amide bonds. The van der Waals surface area contributed by atoms with E-state index in [1.807, 2.05) is 78.9 Å². The van der Waals surface area contributed by atoms with Crippen molar-refractivity contribution in [3.8, 4) is 17.6 Å². The number of fused-ring (bicyclic) bond motifs is 2. The number of aromatic amines is 1. The highest BCUT2D eigenvalue weighted by Gasteiger charge is 2.68. The molecule has 5 atom stereocenters. The molecule has 14 nitrogen and oxygen atoms in total. The second kappa shape index (κ2) is 22.0. The largest absolute Gasteiger partial charge is 0.497 e. The number of benzene rings is 7. The van der Waals surface area contributed by atoms with Crippen LogP contribution in [-0.2, 0) is 35.3 Å². The summed E-state index contributed by atoms with van der Waals surface area (Å²) in [5.41, 5.74) is -0.184. The fourth-order valence-electron chi connectivity index (χ4n) is 11.5. The molecular weight excluding hydrogens is 978 g/mol. The van der Waals surface area contributed by atoms with Crippen molar-refractivity contribution in [2.24, 2.45) is 0 Å². The molecule has 76 heavy (non-hydrogen) atoms. The number of nitrogens with zero attached hydrogens (tertiary/aromatic N) is 4. The third-order valence-electron chi connectivity index (χ3n) is 15.0. The topological polar surface area (TPSA) is 158 Å². The Bertz CT molecular complexity index is 3430. The minimum absolute atomic E-state index is 0.0360. The molecule has 1 unspecified atom stereocenters. The van der Waals surface area contributed by atoms with E-state index in [-0.39, 0.29) is 56.2 Å². The SMILES string of the molecule is COc1ccc(C(OC[C@]23CN(C(=O)CCCc4ccc5ccc6cccc7ccc4c5c67)[C@H]([C@H](n4cc(C)c(=O)[nH]c4=O)O2)[C@H]3OP(OCCC#N)N(C(C)C)C(C)C)(c2ccccc2)c2ccc(OC)cc2)cc1. The van der Waals surface area contributed by atoms with Crippen LogP contribution in [0.3, 0.4) is 0 Å². The minimum Gasteiger partial charge on any atom is -0.497 e. The van der Waals surface area contributed by atoms with Gasteiger partial charge in [0.2, 0.25) is 5.91 Å². The lowest BCUT2D eigenvalue weighted by molar-refractivity contribution is -0.182. The number of amides is 1. The molecule has 0 spiro atoms. The third-order valence-corrected chi connectivity index (χ3v) is 17.2. The van der Waals surface area contributed by atoms with Crippen molar-refractivity contribution in [2.45, 2.75) is 102 Å². The molecule has 2 bridgehead atoms. The van der Waals surface area contributed by atoms with Crippen LogP contribution in [0.1, 0.15) is 81.0 Å². The van der Waals surface area contributed by atoms with Gasteiger partial charge < -0.3 is 32.9 Å². The van der Waals surface area contributed by atoms with Crippen molar-refractivity contribution < 1.29 is 32.8 Å². The molecule has 1 aromatic heterocycles. The van der Waals surface area contributed by atoms with Gasteiger partial charge in [-0.3, -0.25) is 19.1 Å². The van der Waals surface area contributed by atoms with Crippen LogP contribution in [0, 0.1) is 18.3 Å². The number of hydrogen-bond acceptors (Lipinski definition) is 11. The first-order valence-corrected chi connectivity index (χ1v) is 27.1. The van der Waals surface area contributed by atoms with Gasteiger partial charge in [0.25, 0.3) is 14.1 Å². The number of ether oxygens (including phenoxy) is 4. The van der Waals surface area contributed by atoms with E-state index in [1.165, 1.54) is 43.1 Å². The van der Waals surface area contributed by atoms with Gasteiger partial charge in [-0.25, -0.2) is 9.46 Å². The summed E-state index contributed by atoms with van der Waals surface area (Å²) in [4.78, 5) is 46.8. The van der Waals surface area contributed by atoms with Crippen molar-refractivity contribution >= 4 is 46.8 Å². The first kappa shape index (κ1) is 52.5. The second-order valence-electron chi connectivity index (χ2n) is 20.4. The number of likely N-dealkylation sites (tertiary alicyclic amines) is 1. The van der Waals surface area contributed by atoms with E-state index in [4.69, 9.17) is 28.0 Å². The van der Waals surface area contributed by atoms with E-state index in [0.29, 0.717) is 24.3 Å². The Hall–Kier alpha value is -6.95. The molecule has 3 heterocycles. The number of carbonyl (C=O) groups excluding carboxylic acids is 1. The lowest BCUT2D eigenvalue weighted by atomic mass is 9.79. The lowest BCUT2D eigenvalue weighted by Crippen LogP contribution is -2.53. The van der Waals surface area contributed by atoms with Gasteiger partial charge in [-0.1, -0.05) is 109 Å². The van der Waals surface area contributed by atoms with Crippen LogP contribution < -0.4 is 20.7 Å². The number of H-pyrrole nitrogens is 1. The fraction of sp³-hybridized carbons (Fsp3) is 0.344. The number of nitriles is 1. The van der Waals surface area contributed by atoms with Gasteiger partial charge in [0.05, 0.1) is 46.5 Å². The number of carbonyl (C=O) groups is 1. The van der Waals surface area contributed by atoms with Gasteiger partial charge in [-0.15, -0.1) is 0 Å². The summed E-state index contributed by atoms with van der Waals surface area (Å²) in [7, 11) is 1.31. The summed E-state index contributed by atoms with van der Waals surface area (Å²) >= 11 is 0. The Morgan fingerprint density at radius 2 is 1.42 bits per heavy atom. The van der Waals surface area contributed by atoms with Crippen LogP contribution in [0.25, 0.3) is 32.3 Å². The molecule has 392 valence electrons. The smallest absolute Gasteiger partial charge is 0.330 e. The molecule has 0 saturated carbocycles. The number of methoxy groups -OCH3 is 2. The van der Waals surface area contributed by atoms with E-state index < -0.39 is 49.4 Å². The first-order chi connectivity index (χ1) is 36.8. The summed E-state index contributed by atoms with van der Waals surface area (Å²) in [5.74, 6) is 1.17. The summed E-state index contributed by atoms with van der Waals surface area (Å²) in [5, 5.41) is 16.9. The molecule has 0 radical (unpaired) electrons. The van der Waals surface area contributed by atoms with Crippen molar-refractivity contribution in [1.82, 2.24) is 19.1 Å². The van der Waals surface area contributed by atoms with Gasteiger partial charge in [-0.05, 0) is 126 Å². The summed E-state index contributed by atoms with van der Waals surface area (Å²) < 4.78 is 43.8. The Kier molecular flexibility index (Phi) is 15.2. The predicted molar refractivity (Wildman–Crippen MR) is 296 cm³/mol. The summed E-state index contributed by atoms with van der Waals surface area (Å²) in [6, 6.07) is 46.0. The van der Waals surface area contributed by atoms with Gasteiger partial charge in [-0.2, -0.15) is 5.26 Å². The predicted octanol–water partition coefficient (Wildman–Crippen LogP) is 10.9. The van der Waals surface area contributed by atoms with Crippen molar-refractivity contribution in [3.63, 3.8) is 0 Å². The molecular formula is C61H64N5O9P. The quantitative estimate of drug-likeness (QED) is 0.0316. The van der Waals surface area contributed by atoms with Gasteiger partial charge >= 0.3 is 5.69 Å². The van der Waals surface area contributed by atoms with Crippen LogP contribution in [0.2, 0.25) is 0 Å². The molecule has 10 rings (SSSR count). The number of morpholine rings is 1. The fourth-order valence-corrected chi connectivity index (χ4v) is 13.3. The van der Waals surface area contributed by atoms with Crippen molar-refractivity contribution in [3.05, 3.63) is 188 Å². The standard InChI is InChI=1S/C61H64N5O9P/c1-39(2)66(40(3)4)76(73-35-13-34-62)75-56-55-58(64-36-41(5)57(68)63-59(64)69)74-60(56,37-65(55)52(67)19-12-14-42-20-21-45-23-22-43-15-11-16-44-24-33-51(42)54(45)53(43)44)38-72-61(46-17-9-8-10-18-46,47-25-29-49(70-6)30-26-47)48-27-31-50(71-7)32-28-48/h8-11,15-18,20-33,36,39-40,55-56,58H,12-14,19,35,37-38H2,1-7H3,(H,63,68,69)/t55-,56+,58+,60-,76?/m0/s1. The van der Waals surface area contributed by atoms with Crippen LogP contribution in [0.5, 0.6) is 11.5 Å². The molecule has 2 fully saturated rings. The molecule has 15 heteroatoms. The second-order valence-corrected chi connectivity index (χ2v) is 21.8. The minimum atomic E-state index is -1.94. The molecule has 1 N–H and O–H groups in total. The number of nitrogens with one attached hydrogen (secondary N) is 1. The highest BCUT2D eigenvalue weighted by Crippen LogP contribution is 2.57. The van der Waals surface area contributed by atoms with Crippen LogP contribution in [0.4, 0.5) is 0 Å². The molecule has 2 aliphatic rings. The highest BCUT2D eigenvalue weighted by molar-refractivity contribution is 7.44. The van der Waals surface area contributed by atoms with Crippen LogP contribution in [0.15, 0.2) is 149 Å². The zero-order valence-corrected chi connectivity index (χ0v) is 44.9. The summed E-state index contributed by atoms with van der Waals surface area (Å²) in [6.07, 6.45) is 0.864. The van der Waals surface area contributed by atoms with Gasteiger partial charge in [0, 0.05) is 30.3 Å². The van der Waals surface area contributed by atoms with Crippen LogP contribution in [-0.4, -0.2) is 88.8 Å². The van der Waals surface area contributed by atoms with E-state index in [1.54, 1.807) is 26.0 Å². The van der Waals surface area contributed by atoms with E-state index in [0.717, 1.165) is 22.3 Å². The number of hydrogen-bond donors (Lipinski definition) is 1. The van der Waals surface area contributed by atoms with Gasteiger partial charge in [0.15, 0.2) is 6.23 Å². The van der Waals surface area contributed by atoms with Crippen LogP contribution >= 0.6 is 8.53 Å². The zero-order chi connectivity index (χ0) is 53.3. The normalized spacial score (nSPS) is 18.9. The Balaban J connectivity index is 1.09. The number of aryl methyl sites for hydroxylation is 2. The number of aromatic nitrogens is 2. The van der Waals surface area contributed by atoms with Crippen molar-refractivity contribution in [1.29, 1.82) is 5.26 Å². The molecule has 2 saturated heterocycles. The molecule has 8 aromatic rings. The third kappa shape index (κ3) is 9.66. The highest BCUT2D eigenvalue weighted by atomic mass is 31.2. The molecule has 7 aromatic carbocycles. The number of rotatable bonds is 21. The van der Waals surface area contributed by atoms with E-state index in [2.05, 4.69) is 98.0 Å². The Labute approximate surface area is 444 Å². The first-order valence-electron chi connectivity index (χ1n) is 26.0. The molecule has 0 aliphatic carbocycles. The maximum atomic E-state index is 15.4. The van der Waals surface area contributed by atoms with E-state index in [9.17, 15) is 14.9 Å². The maximum absolute atomic E-state index is 15.4. The van der Waals surface area contributed by atoms with E-state index >= 15 is 4.79 Å². The monoisotopic (exact) mass is 1040 g/mol. The average Bonchev–Trinajstić information content (AvgIpc) is 3.91.